The van der Waals surface area contributed by atoms with E-state index in [0.29, 0.717) is 46.1 Å². The molecule has 2 aromatic rings. The number of carbonyl (C=O) groups is 1. The third kappa shape index (κ3) is 4.99. The van der Waals surface area contributed by atoms with E-state index in [2.05, 4.69) is 4.90 Å². The quantitative estimate of drug-likeness (QED) is 0.265. The summed E-state index contributed by atoms with van der Waals surface area (Å²) in [5, 5.41) is 11.6. The lowest BCUT2D eigenvalue weighted by Gasteiger charge is -2.28. The highest BCUT2D eigenvalue weighted by Gasteiger charge is 2.32. The van der Waals surface area contributed by atoms with Crippen LogP contribution in [0.4, 0.5) is 5.69 Å². The molecule has 8 nitrogen and oxygen atoms in total. The van der Waals surface area contributed by atoms with Crippen molar-refractivity contribution in [1.82, 2.24) is 9.80 Å². The minimum atomic E-state index is -0.511. The number of carbonyl (C=O) groups excluding carboxylic acids is 1. The molecule has 11 heteroatoms. The molecule has 0 aliphatic carbocycles. The van der Waals surface area contributed by atoms with Gasteiger partial charge in [-0.3, -0.25) is 24.7 Å². The molecule has 2 aliphatic rings. The Morgan fingerprint density at radius 1 is 1.23 bits per heavy atom. The van der Waals surface area contributed by atoms with Gasteiger partial charge in [-0.1, -0.05) is 35.6 Å². The van der Waals surface area contributed by atoms with Crippen LogP contribution in [0.15, 0.2) is 39.7 Å². The Hall–Kier alpha value is -2.24. The lowest BCUT2D eigenvalue weighted by atomic mass is 10.1. The normalized spacial score (nSPS) is 18.9. The molecular formula is C20H18ClN3O5S2. The number of thiocarbonyl (C=S) groups is 1. The summed E-state index contributed by atoms with van der Waals surface area (Å²) in [6.07, 6.45) is 1.61. The molecule has 0 N–H and O–H groups in total. The third-order valence-corrected chi connectivity index (χ3v) is 6.55. The van der Waals surface area contributed by atoms with Gasteiger partial charge >= 0.3 is 0 Å². The predicted molar refractivity (Wildman–Crippen MR) is 123 cm³/mol. The minimum absolute atomic E-state index is 0.150. The second-order valence-electron chi connectivity index (χ2n) is 6.91. The van der Waals surface area contributed by atoms with Gasteiger partial charge < -0.3 is 9.15 Å². The molecule has 2 aliphatic heterocycles. The van der Waals surface area contributed by atoms with Crippen molar-refractivity contribution in [3.8, 4) is 11.3 Å². The molecule has 31 heavy (non-hydrogen) atoms. The van der Waals surface area contributed by atoms with Crippen LogP contribution in [0.3, 0.4) is 0 Å². The second kappa shape index (κ2) is 9.49. The maximum atomic E-state index is 12.8. The highest BCUT2D eigenvalue weighted by molar-refractivity contribution is 8.26. The van der Waals surface area contributed by atoms with Gasteiger partial charge in [0.1, 0.15) is 15.8 Å². The highest BCUT2D eigenvalue weighted by atomic mass is 35.5. The molecule has 3 heterocycles. The fourth-order valence-corrected chi connectivity index (χ4v) is 4.78. The second-order valence-corrected chi connectivity index (χ2v) is 9.02. The zero-order valence-electron chi connectivity index (χ0n) is 16.3. The van der Waals surface area contributed by atoms with Crippen LogP contribution >= 0.6 is 35.6 Å². The Kier molecular flexibility index (Phi) is 6.73. The molecule has 1 amide bonds. The number of hydrogen-bond donors (Lipinski definition) is 0. The molecule has 0 radical (unpaired) electrons. The maximum Gasteiger partial charge on any atom is 0.281 e. The third-order valence-electron chi connectivity index (χ3n) is 4.94. The molecule has 0 bridgehead atoms. The Bertz CT molecular complexity index is 1060. The smallest absolute Gasteiger partial charge is 0.281 e. The number of nitrogens with zero attached hydrogens (tertiary/aromatic N) is 3. The fourth-order valence-electron chi connectivity index (χ4n) is 3.33. The Balaban J connectivity index is 1.48. The largest absolute Gasteiger partial charge is 0.456 e. The van der Waals surface area contributed by atoms with Crippen molar-refractivity contribution < 1.29 is 18.9 Å². The van der Waals surface area contributed by atoms with Crippen LogP contribution in [0.25, 0.3) is 17.4 Å². The molecule has 0 spiro atoms. The molecule has 0 atom stereocenters. The monoisotopic (exact) mass is 479 g/mol. The van der Waals surface area contributed by atoms with Crippen molar-refractivity contribution in [2.45, 2.75) is 0 Å². The van der Waals surface area contributed by atoms with Crippen molar-refractivity contribution in [3.05, 3.63) is 56.1 Å². The minimum Gasteiger partial charge on any atom is -0.456 e. The molecule has 1 aromatic carbocycles. The predicted octanol–water partition coefficient (Wildman–Crippen LogP) is 4.04. The molecule has 4 rings (SSSR count). The van der Waals surface area contributed by atoms with Crippen LogP contribution in [0.1, 0.15) is 5.76 Å². The first kappa shape index (κ1) is 22.0. The first-order chi connectivity index (χ1) is 14.9. The highest BCUT2D eigenvalue weighted by Crippen LogP contribution is 2.36. The summed E-state index contributed by atoms with van der Waals surface area (Å²) in [4.78, 5) is 27.9. The van der Waals surface area contributed by atoms with E-state index in [1.165, 1.54) is 23.9 Å². The summed E-state index contributed by atoms with van der Waals surface area (Å²) in [6.45, 7) is 4.33. The summed E-state index contributed by atoms with van der Waals surface area (Å²) in [6, 6.07) is 7.66. The van der Waals surface area contributed by atoms with Gasteiger partial charge in [0.25, 0.3) is 11.6 Å². The first-order valence-corrected chi connectivity index (χ1v) is 11.1. The zero-order chi connectivity index (χ0) is 22.0. The van der Waals surface area contributed by atoms with Crippen molar-refractivity contribution in [2.75, 3.05) is 39.4 Å². The molecule has 1 aromatic heterocycles. The topological polar surface area (TPSA) is 89.1 Å². The molecule has 2 saturated heterocycles. The van der Waals surface area contributed by atoms with Crippen molar-refractivity contribution in [3.63, 3.8) is 0 Å². The van der Waals surface area contributed by atoms with E-state index in [4.69, 9.17) is 33.0 Å². The van der Waals surface area contributed by atoms with Gasteiger partial charge in [-0.15, -0.1) is 0 Å². The van der Waals surface area contributed by atoms with Gasteiger partial charge in [-0.05, 0) is 24.3 Å². The number of furan rings is 1. The van der Waals surface area contributed by atoms with Crippen LogP contribution in [0.2, 0.25) is 5.02 Å². The number of hydrogen-bond acceptors (Lipinski definition) is 8. The van der Waals surface area contributed by atoms with Crippen LogP contribution in [-0.4, -0.2) is 64.3 Å². The van der Waals surface area contributed by atoms with E-state index in [9.17, 15) is 14.9 Å². The van der Waals surface area contributed by atoms with E-state index in [1.807, 2.05) is 0 Å². The van der Waals surface area contributed by atoms with Gasteiger partial charge in [0, 0.05) is 43.3 Å². The fraction of sp³-hybridized carbons (Fsp3) is 0.300. The summed E-state index contributed by atoms with van der Waals surface area (Å²) in [7, 11) is 0. The van der Waals surface area contributed by atoms with Gasteiger partial charge in [0.15, 0.2) is 0 Å². The van der Waals surface area contributed by atoms with E-state index >= 15 is 0 Å². The summed E-state index contributed by atoms with van der Waals surface area (Å²) >= 11 is 12.5. The number of nitro benzene ring substituents is 1. The number of thioether (sulfide) groups is 1. The molecule has 0 saturated carbocycles. The Morgan fingerprint density at radius 3 is 2.74 bits per heavy atom. The maximum absolute atomic E-state index is 12.8. The molecule has 2 fully saturated rings. The number of ether oxygens (including phenoxy) is 1. The number of morpholine rings is 1. The van der Waals surface area contributed by atoms with Gasteiger partial charge in [-0.2, -0.15) is 0 Å². The van der Waals surface area contributed by atoms with E-state index in [1.54, 1.807) is 29.2 Å². The number of rotatable bonds is 6. The standard InChI is InChI=1S/C20H18ClN3O5S2/c21-13-1-3-15(16(11-13)24(26)27)17-4-2-14(29-17)12-18-19(25)23(20(30)31-18)6-5-22-7-9-28-10-8-22/h1-4,11-12H,5-10H2/b18-12-. The Morgan fingerprint density at radius 2 is 2.00 bits per heavy atom. The number of nitro groups is 1. The summed E-state index contributed by atoms with van der Waals surface area (Å²) < 4.78 is 11.6. The van der Waals surface area contributed by atoms with E-state index in [0.717, 1.165) is 19.6 Å². The zero-order valence-corrected chi connectivity index (χ0v) is 18.7. The van der Waals surface area contributed by atoms with Crippen molar-refractivity contribution in [2.24, 2.45) is 0 Å². The van der Waals surface area contributed by atoms with Gasteiger partial charge in [-0.25, -0.2) is 0 Å². The Labute approximate surface area is 192 Å². The van der Waals surface area contributed by atoms with E-state index in [-0.39, 0.29) is 16.6 Å². The molecule has 162 valence electrons. The summed E-state index contributed by atoms with van der Waals surface area (Å²) in [5.74, 6) is 0.559. The van der Waals surface area contributed by atoms with Crippen molar-refractivity contribution >= 4 is 57.6 Å². The number of amides is 1. The summed E-state index contributed by atoms with van der Waals surface area (Å²) in [5.41, 5.74) is 0.162. The van der Waals surface area contributed by atoms with Gasteiger partial charge in [0.2, 0.25) is 0 Å². The average molecular weight is 480 g/mol. The number of halogens is 1. The SMILES string of the molecule is O=C1/C(=C/c2ccc(-c3ccc(Cl)cc3[N+](=O)[O-])o2)SC(=S)N1CCN1CCOCC1. The van der Waals surface area contributed by atoms with Crippen LogP contribution in [0.5, 0.6) is 0 Å². The molecular weight excluding hydrogens is 462 g/mol. The lowest BCUT2D eigenvalue weighted by molar-refractivity contribution is -0.384. The first-order valence-electron chi connectivity index (χ1n) is 9.52. The van der Waals surface area contributed by atoms with Crippen molar-refractivity contribution in [1.29, 1.82) is 0 Å². The van der Waals surface area contributed by atoms with Crippen LogP contribution < -0.4 is 0 Å². The lowest BCUT2D eigenvalue weighted by Crippen LogP contribution is -2.42. The number of benzene rings is 1. The van der Waals surface area contributed by atoms with Crippen LogP contribution in [-0.2, 0) is 9.53 Å². The van der Waals surface area contributed by atoms with Gasteiger partial charge in [0.05, 0.1) is 28.6 Å². The molecule has 0 unspecified atom stereocenters. The van der Waals surface area contributed by atoms with Crippen LogP contribution in [0, 0.1) is 10.1 Å². The van der Waals surface area contributed by atoms with E-state index < -0.39 is 4.92 Å². The average Bonchev–Trinajstić information content (AvgIpc) is 3.32.